The van der Waals surface area contributed by atoms with Crippen molar-refractivity contribution in [2.75, 3.05) is 11.9 Å². The molecule has 0 aliphatic rings. The van der Waals surface area contributed by atoms with Crippen LogP contribution in [0.2, 0.25) is 0 Å². The molecule has 0 aromatic heterocycles. The van der Waals surface area contributed by atoms with E-state index in [9.17, 15) is 17.2 Å². The smallest absolute Gasteiger partial charge is 0.341 e. The quantitative estimate of drug-likeness (QED) is 0.870. The van der Waals surface area contributed by atoms with Gasteiger partial charge in [0.25, 0.3) is 0 Å². The van der Waals surface area contributed by atoms with Gasteiger partial charge in [-0.1, -0.05) is 39.8 Å². The van der Waals surface area contributed by atoms with Crippen molar-refractivity contribution in [2.45, 2.75) is 38.3 Å². The molecule has 0 aliphatic heterocycles. The second-order valence-corrected chi connectivity index (χ2v) is 7.68. The first kappa shape index (κ1) is 16.9. The molecule has 0 unspecified atom stereocenters. The van der Waals surface area contributed by atoms with Crippen LogP contribution >= 0.6 is 0 Å². The second-order valence-electron chi connectivity index (χ2n) is 5.80. The van der Waals surface area contributed by atoms with Crippen LogP contribution in [0.1, 0.15) is 27.7 Å². The van der Waals surface area contributed by atoms with Gasteiger partial charge in [-0.25, -0.2) is 8.42 Å². The van der Waals surface area contributed by atoms with Crippen molar-refractivity contribution >= 4 is 15.5 Å². The standard InChI is InChI=1S/C14H21F2NO2S/c1-10(2)14(3,4)9-17-11-7-5-6-8-12(11)20(18,19)13(15)16/h5-8,10,13,17H,9H2,1-4H3. The minimum atomic E-state index is -4.59. The minimum absolute atomic E-state index is 0.0816. The molecule has 0 radical (unpaired) electrons. The van der Waals surface area contributed by atoms with Crippen LogP contribution in [0.3, 0.4) is 0 Å². The van der Waals surface area contributed by atoms with Gasteiger partial charge in [0.05, 0.1) is 10.6 Å². The Kier molecular flexibility index (Phi) is 5.13. The Labute approximate surface area is 119 Å². The zero-order valence-electron chi connectivity index (χ0n) is 12.2. The molecule has 0 atom stereocenters. The summed E-state index contributed by atoms with van der Waals surface area (Å²) in [6, 6.07) is 5.76. The lowest BCUT2D eigenvalue weighted by atomic mass is 9.81. The van der Waals surface area contributed by atoms with Crippen molar-refractivity contribution in [1.82, 2.24) is 0 Å². The number of sulfone groups is 1. The molecule has 0 amide bonds. The molecule has 114 valence electrons. The van der Waals surface area contributed by atoms with Crippen molar-refractivity contribution in [2.24, 2.45) is 11.3 Å². The summed E-state index contributed by atoms with van der Waals surface area (Å²) < 4.78 is 48.6. The fraction of sp³-hybridized carbons (Fsp3) is 0.571. The van der Waals surface area contributed by atoms with E-state index in [0.29, 0.717) is 12.5 Å². The van der Waals surface area contributed by atoms with E-state index in [1.807, 2.05) is 13.8 Å². The van der Waals surface area contributed by atoms with Crippen molar-refractivity contribution < 1.29 is 17.2 Å². The Morgan fingerprint density at radius 3 is 2.25 bits per heavy atom. The maximum absolute atomic E-state index is 12.7. The highest BCUT2D eigenvalue weighted by Gasteiger charge is 2.30. The SMILES string of the molecule is CC(C)C(C)(C)CNc1ccccc1S(=O)(=O)C(F)F. The van der Waals surface area contributed by atoms with E-state index in [-0.39, 0.29) is 16.0 Å². The topological polar surface area (TPSA) is 46.2 Å². The predicted octanol–water partition coefficient (Wildman–Crippen LogP) is 3.78. The molecular weight excluding hydrogens is 284 g/mol. The van der Waals surface area contributed by atoms with E-state index in [1.54, 1.807) is 6.07 Å². The van der Waals surface area contributed by atoms with Gasteiger partial charge in [0.1, 0.15) is 0 Å². The van der Waals surface area contributed by atoms with Crippen LogP contribution in [-0.2, 0) is 9.84 Å². The highest BCUT2D eigenvalue weighted by atomic mass is 32.2. The van der Waals surface area contributed by atoms with Gasteiger partial charge in [-0.15, -0.1) is 0 Å². The van der Waals surface area contributed by atoms with Gasteiger partial charge in [0.2, 0.25) is 9.84 Å². The van der Waals surface area contributed by atoms with Crippen LogP contribution in [0, 0.1) is 11.3 Å². The van der Waals surface area contributed by atoms with Gasteiger partial charge in [-0.2, -0.15) is 8.78 Å². The Bertz CT molecular complexity index is 554. The lowest BCUT2D eigenvalue weighted by Gasteiger charge is -2.30. The van der Waals surface area contributed by atoms with E-state index in [0.717, 1.165) is 0 Å². The summed E-state index contributed by atoms with van der Waals surface area (Å²) in [6.07, 6.45) is 0. The summed E-state index contributed by atoms with van der Waals surface area (Å²) in [6.45, 7) is 8.69. The van der Waals surface area contributed by atoms with Gasteiger partial charge in [-0.05, 0) is 23.5 Å². The number of halogens is 2. The monoisotopic (exact) mass is 305 g/mol. The normalized spacial score (nSPS) is 13.0. The van der Waals surface area contributed by atoms with Crippen molar-refractivity contribution in [3.63, 3.8) is 0 Å². The molecule has 0 bridgehead atoms. The average Bonchev–Trinajstić information content (AvgIpc) is 2.36. The van der Waals surface area contributed by atoms with Crippen LogP contribution in [0.15, 0.2) is 29.2 Å². The summed E-state index contributed by atoms with van der Waals surface area (Å²) >= 11 is 0. The van der Waals surface area contributed by atoms with Gasteiger partial charge >= 0.3 is 5.76 Å². The molecule has 0 saturated carbocycles. The molecule has 0 saturated heterocycles. The van der Waals surface area contributed by atoms with Gasteiger partial charge in [0, 0.05) is 6.54 Å². The highest BCUT2D eigenvalue weighted by molar-refractivity contribution is 7.91. The van der Waals surface area contributed by atoms with E-state index in [2.05, 4.69) is 19.2 Å². The van der Waals surface area contributed by atoms with Crippen molar-refractivity contribution in [3.05, 3.63) is 24.3 Å². The summed E-state index contributed by atoms with van der Waals surface area (Å²) in [5, 5.41) is 2.98. The largest absolute Gasteiger partial charge is 0.383 e. The zero-order valence-corrected chi connectivity index (χ0v) is 13.0. The summed E-state index contributed by atoms with van der Waals surface area (Å²) in [5.74, 6) is -3.04. The third-order valence-electron chi connectivity index (χ3n) is 3.73. The van der Waals surface area contributed by atoms with Crippen LogP contribution in [0.5, 0.6) is 0 Å². The minimum Gasteiger partial charge on any atom is -0.383 e. The number of hydrogen-bond donors (Lipinski definition) is 1. The molecule has 6 heteroatoms. The van der Waals surface area contributed by atoms with Crippen molar-refractivity contribution in [1.29, 1.82) is 0 Å². The Balaban J connectivity index is 3.05. The first-order valence-corrected chi connectivity index (χ1v) is 7.98. The summed E-state index contributed by atoms with van der Waals surface area (Å²) in [4.78, 5) is -0.352. The van der Waals surface area contributed by atoms with Crippen molar-refractivity contribution in [3.8, 4) is 0 Å². The first-order valence-electron chi connectivity index (χ1n) is 6.44. The maximum Gasteiger partial charge on any atom is 0.341 e. The zero-order chi connectivity index (χ0) is 15.6. The number of benzene rings is 1. The summed E-state index contributed by atoms with van der Waals surface area (Å²) in [7, 11) is -4.59. The van der Waals surface area contributed by atoms with E-state index in [1.165, 1.54) is 18.2 Å². The summed E-state index contributed by atoms with van der Waals surface area (Å²) in [5.41, 5.74) is 0.142. The Morgan fingerprint density at radius 1 is 1.20 bits per heavy atom. The number of alkyl halides is 2. The molecular formula is C14H21F2NO2S. The number of hydrogen-bond acceptors (Lipinski definition) is 3. The Hall–Kier alpha value is -1.17. The van der Waals surface area contributed by atoms with Crippen LogP contribution < -0.4 is 5.32 Å². The molecule has 3 nitrogen and oxygen atoms in total. The van der Waals surface area contributed by atoms with Gasteiger partial charge < -0.3 is 5.32 Å². The number of rotatable bonds is 6. The maximum atomic E-state index is 12.7. The molecule has 1 rings (SSSR count). The molecule has 0 aliphatic carbocycles. The van der Waals surface area contributed by atoms with Crippen LogP contribution in [0.25, 0.3) is 0 Å². The third-order valence-corrected chi connectivity index (χ3v) is 5.16. The fourth-order valence-electron chi connectivity index (χ4n) is 1.48. The van der Waals surface area contributed by atoms with E-state index in [4.69, 9.17) is 0 Å². The van der Waals surface area contributed by atoms with E-state index >= 15 is 0 Å². The molecule has 0 fully saturated rings. The van der Waals surface area contributed by atoms with E-state index < -0.39 is 15.6 Å². The Morgan fingerprint density at radius 2 is 1.75 bits per heavy atom. The molecule has 0 heterocycles. The van der Waals surface area contributed by atoms with Gasteiger partial charge in [-0.3, -0.25) is 0 Å². The first-order chi connectivity index (χ1) is 9.09. The highest BCUT2D eigenvalue weighted by Crippen LogP contribution is 2.30. The second kappa shape index (κ2) is 6.08. The fourth-order valence-corrected chi connectivity index (χ4v) is 2.39. The van der Waals surface area contributed by atoms with Gasteiger partial charge in [0.15, 0.2) is 0 Å². The van der Waals surface area contributed by atoms with Crippen LogP contribution in [0.4, 0.5) is 14.5 Å². The van der Waals surface area contributed by atoms with Crippen LogP contribution in [-0.4, -0.2) is 20.7 Å². The average molecular weight is 305 g/mol. The number of anilines is 1. The molecule has 1 aromatic carbocycles. The molecule has 0 spiro atoms. The lowest BCUT2D eigenvalue weighted by molar-refractivity contribution is 0.235. The third kappa shape index (κ3) is 3.69. The number of nitrogens with one attached hydrogen (secondary N) is 1. The molecule has 1 N–H and O–H groups in total. The number of para-hydroxylation sites is 1. The predicted molar refractivity (Wildman–Crippen MR) is 76.7 cm³/mol. The molecule has 1 aromatic rings. The molecule has 20 heavy (non-hydrogen) atoms. The lowest BCUT2D eigenvalue weighted by Crippen LogP contribution is -2.29.